The van der Waals surface area contributed by atoms with E-state index >= 15 is 0 Å². The largest absolute Gasteiger partial charge is 0.326 e. The van der Waals surface area contributed by atoms with Crippen LogP contribution in [0.15, 0.2) is 48.5 Å². The normalized spacial score (nSPS) is 19.3. The Balaban J connectivity index is 1.67. The summed E-state index contributed by atoms with van der Waals surface area (Å²) >= 11 is 6.03. The fourth-order valence-corrected chi connectivity index (χ4v) is 5.16. The molecule has 1 aliphatic heterocycles. The zero-order chi connectivity index (χ0) is 17.9. The summed E-state index contributed by atoms with van der Waals surface area (Å²) in [6, 6.07) is 15.1. The zero-order valence-electron chi connectivity index (χ0n) is 13.7. The van der Waals surface area contributed by atoms with Gasteiger partial charge >= 0.3 is 0 Å². The summed E-state index contributed by atoms with van der Waals surface area (Å²) in [5, 5.41) is 3.53. The molecule has 2 aromatic carbocycles. The Morgan fingerprint density at radius 2 is 1.84 bits per heavy atom. The van der Waals surface area contributed by atoms with Crippen molar-refractivity contribution in [1.82, 2.24) is 0 Å². The predicted molar refractivity (Wildman–Crippen MR) is 102 cm³/mol. The molecule has 1 amide bonds. The lowest BCUT2D eigenvalue weighted by atomic mass is 10.0. The molecule has 1 saturated heterocycles. The minimum Gasteiger partial charge on any atom is -0.326 e. The molecule has 4 nitrogen and oxygen atoms in total. The third-order valence-electron chi connectivity index (χ3n) is 4.34. The molecule has 0 radical (unpaired) electrons. The van der Waals surface area contributed by atoms with Gasteiger partial charge < -0.3 is 5.32 Å². The van der Waals surface area contributed by atoms with Crippen LogP contribution in [0.25, 0.3) is 11.1 Å². The topological polar surface area (TPSA) is 63.2 Å². The molecule has 1 unspecified atom stereocenters. The number of nitrogens with one attached hydrogen (secondary N) is 1. The van der Waals surface area contributed by atoms with Crippen molar-refractivity contribution in [3.8, 4) is 11.1 Å². The van der Waals surface area contributed by atoms with Crippen molar-refractivity contribution in [3.63, 3.8) is 0 Å². The van der Waals surface area contributed by atoms with E-state index in [1.165, 1.54) is 0 Å². The Morgan fingerprint density at radius 3 is 2.56 bits per heavy atom. The molecule has 25 heavy (non-hydrogen) atoms. The average molecular weight is 378 g/mol. The van der Waals surface area contributed by atoms with E-state index in [0.717, 1.165) is 17.5 Å². The van der Waals surface area contributed by atoms with E-state index in [9.17, 15) is 13.2 Å². The Kier molecular flexibility index (Phi) is 5.45. The first-order chi connectivity index (χ1) is 11.9. The molecule has 0 aromatic heterocycles. The quantitative estimate of drug-likeness (QED) is 0.870. The van der Waals surface area contributed by atoms with Gasteiger partial charge in [0.1, 0.15) is 0 Å². The highest BCUT2D eigenvalue weighted by molar-refractivity contribution is 7.91. The highest BCUT2D eigenvalue weighted by Gasteiger charge is 2.26. The molecule has 2 aromatic rings. The molecule has 3 rings (SSSR count). The SMILES string of the molecule is O=C(CC1CCCS(=O)(=O)C1)Nc1cccc(-c2cccc(Cl)c2)c1. The molecule has 132 valence electrons. The van der Waals surface area contributed by atoms with Crippen molar-refractivity contribution in [3.05, 3.63) is 53.6 Å². The minimum absolute atomic E-state index is 0.0881. The van der Waals surface area contributed by atoms with Gasteiger partial charge in [-0.05, 0) is 54.2 Å². The number of halogens is 1. The third-order valence-corrected chi connectivity index (χ3v) is 6.46. The lowest BCUT2D eigenvalue weighted by molar-refractivity contribution is -0.117. The lowest BCUT2D eigenvalue weighted by Gasteiger charge is -2.21. The number of amides is 1. The number of carbonyl (C=O) groups excluding carboxylic acids is 1. The van der Waals surface area contributed by atoms with Crippen LogP contribution < -0.4 is 5.32 Å². The van der Waals surface area contributed by atoms with Crippen molar-refractivity contribution in [2.45, 2.75) is 19.3 Å². The van der Waals surface area contributed by atoms with Gasteiger partial charge in [0.05, 0.1) is 11.5 Å². The van der Waals surface area contributed by atoms with Gasteiger partial charge in [-0.2, -0.15) is 0 Å². The Morgan fingerprint density at radius 1 is 1.12 bits per heavy atom. The maximum absolute atomic E-state index is 12.3. The molecule has 0 bridgehead atoms. The van der Waals surface area contributed by atoms with E-state index in [2.05, 4.69) is 5.32 Å². The van der Waals surface area contributed by atoms with Gasteiger partial charge in [0.2, 0.25) is 5.91 Å². The van der Waals surface area contributed by atoms with E-state index in [0.29, 0.717) is 17.1 Å². The Labute approximate surface area is 153 Å². The first-order valence-electron chi connectivity index (χ1n) is 8.27. The van der Waals surface area contributed by atoms with Crippen molar-refractivity contribution >= 4 is 33.0 Å². The van der Waals surface area contributed by atoms with Crippen molar-refractivity contribution in [2.75, 3.05) is 16.8 Å². The summed E-state index contributed by atoms with van der Waals surface area (Å²) in [5.74, 6) is 0.121. The van der Waals surface area contributed by atoms with Crippen LogP contribution in [0.2, 0.25) is 5.02 Å². The molecule has 1 atom stereocenters. The summed E-state index contributed by atoms with van der Waals surface area (Å²) < 4.78 is 23.4. The first-order valence-corrected chi connectivity index (χ1v) is 10.5. The van der Waals surface area contributed by atoms with E-state index in [4.69, 9.17) is 11.6 Å². The van der Waals surface area contributed by atoms with Crippen molar-refractivity contribution in [1.29, 1.82) is 0 Å². The van der Waals surface area contributed by atoms with Crippen LogP contribution in [0.3, 0.4) is 0 Å². The lowest BCUT2D eigenvalue weighted by Crippen LogP contribution is -2.28. The third kappa shape index (κ3) is 5.06. The standard InChI is InChI=1S/C19H20ClNO3S/c20-17-7-1-5-15(11-17)16-6-2-8-18(12-16)21-19(22)10-14-4-3-9-25(23,24)13-14/h1-2,5-8,11-12,14H,3-4,9-10,13H2,(H,21,22). The first kappa shape index (κ1) is 18.0. The summed E-state index contributed by atoms with van der Waals surface area (Å²) in [5.41, 5.74) is 2.63. The number of benzene rings is 2. The number of carbonyl (C=O) groups is 1. The molecule has 1 heterocycles. The molecule has 0 aliphatic carbocycles. The van der Waals surface area contributed by atoms with Gasteiger partial charge in [0.15, 0.2) is 9.84 Å². The second kappa shape index (κ2) is 7.58. The zero-order valence-corrected chi connectivity index (χ0v) is 15.3. The average Bonchev–Trinajstić information content (AvgIpc) is 2.54. The number of anilines is 1. The number of rotatable bonds is 4. The molecule has 1 N–H and O–H groups in total. The van der Waals surface area contributed by atoms with Gasteiger partial charge in [-0.1, -0.05) is 35.9 Å². The van der Waals surface area contributed by atoms with Gasteiger partial charge in [-0.25, -0.2) is 8.42 Å². The molecule has 6 heteroatoms. The molecule has 1 aliphatic rings. The van der Waals surface area contributed by atoms with Crippen LogP contribution in [-0.2, 0) is 14.6 Å². The second-order valence-corrected chi connectivity index (χ2v) is 9.13. The number of sulfone groups is 1. The van der Waals surface area contributed by atoms with Gasteiger partial charge in [-0.15, -0.1) is 0 Å². The predicted octanol–water partition coefficient (Wildman–Crippen LogP) is 4.16. The maximum atomic E-state index is 12.3. The molecule has 0 spiro atoms. The molecular formula is C19H20ClNO3S. The van der Waals surface area contributed by atoms with E-state index in [1.54, 1.807) is 0 Å². The van der Waals surface area contributed by atoms with Crippen LogP contribution >= 0.6 is 11.6 Å². The monoisotopic (exact) mass is 377 g/mol. The number of hydrogen-bond donors (Lipinski definition) is 1. The van der Waals surface area contributed by atoms with Crippen molar-refractivity contribution < 1.29 is 13.2 Å². The fourth-order valence-electron chi connectivity index (χ4n) is 3.20. The van der Waals surface area contributed by atoms with Crippen LogP contribution in [0, 0.1) is 5.92 Å². The van der Waals surface area contributed by atoms with Crippen LogP contribution in [0.4, 0.5) is 5.69 Å². The van der Waals surface area contributed by atoms with Crippen molar-refractivity contribution in [2.24, 2.45) is 5.92 Å². The highest BCUT2D eigenvalue weighted by atomic mass is 35.5. The van der Waals surface area contributed by atoms with E-state index < -0.39 is 9.84 Å². The summed E-state index contributed by atoms with van der Waals surface area (Å²) in [6.45, 7) is 0. The maximum Gasteiger partial charge on any atom is 0.224 e. The minimum atomic E-state index is -2.99. The Hall–Kier alpha value is -1.85. The highest BCUT2D eigenvalue weighted by Crippen LogP contribution is 2.26. The van der Waals surface area contributed by atoms with Gasteiger partial charge in [0, 0.05) is 17.1 Å². The smallest absolute Gasteiger partial charge is 0.224 e. The van der Waals surface area contributed by atoms with Crippen LogP contribution in [-0.4, -0.2) is 25.8 Å². The molecule has 0 saturated carbocycles. The van der Waals surface area contributed by atoms with E-state index in [1.807, 2.05) is 48.5 Å². The van der Waals surface area contributed by atoms with E-state index in [-0.39, 0.29) is 29.8 Å². The van der Waals surface area contributed by atoms with Crippen LogP contribution in [0.1, 0.15) is 19.3 Å². The Bertz CT molecular complexity index is 880. The van der Waals surface area contributed by atoms with Gasteiger partial charge in [-0.3, -0.25) is 4.79 Å². The fraction of sp³-hybridized carbons (Fsp3) is 0.316. The molecular weight excluding hydrogens is 358 g/mol. The van der Waals surface area contributed by atoms with Gasteiger partial charge in [0.25, 0.3) is 0 Å². The molecule has 1 fully saturated rings. The summed E-state index contributed by atoms with van der Waals surface area (Å²) in [6.07, 6.45) is 1.67. The second-order valence-electron chi connectivity index (χ2n) is 6.47. The summed E-state index contributed by atoms with van der Waals surface area (Å²) in [7, 11) is -2.99. The number of hydrogen-bond acceptors (Lipinski definition) is 3. The summed E-state index contributed by atoms with van der Waals surface area (Å²) in [4.78, 5) is 12.3. The van der Waals surface area contributed by atoms with Crippen LogP contribution in [0.5, 0.6) is 0 Å².